The van der Waals surface area contributed by atoms with Crippen LogP contribution in [0.3, 0.4) is 0 Å². The minimum Gasteiger partial charge on any atom is -0.460 e. The van der Waals surface area contributed by atoms with E-state index in [9.17, 15) is 29.4 Å². The van der Waals surface area contributed by atoms with Gasteiger partial charge in [-0.3, -0.25) is 14.4 Å². The summed E-state index contributed by atoms with van der Waals surface area (Å²) in [7, 11) is 0. The Labute approximate surface area is 400 Å². The van der Waals surface area contributed by atoms with Gasteiger partial charge < -0.3 is 44.5 Å². The van der Waals surface area contributed by atoms with Crippen molar-refractivity contribution >= 4 is 29.8 Å². The molecule has 5 aliphatic rings. The summed E-state index contributed by atoms with van der Waals surface area (Å²) in [4.78, 5) is 54.4. The van der Waals surface area contributed by atoms with E-state index in [1.165, 1.54) is 12.5 Å². The summed E-state index contributed by atoms with van der Waals surface area (Å²) in [6, 6.07) is 23.9. The summed E-state index contributed by atoms with van der Waals surface area (Å²) in [5, 5.41) is 26.2. The molecule has 3 aliphatic carbocycles. The number of aliphatic hydroxyl groups is 2. The molecule has 10 atom stereocenters. The number of nitrogens with one attached hydrogen (secondary N) is 2. The maximum Gasteiger partial charge on any atom is 0.338 e. The number of ether oxygens (including phenoxy) is 5. The molecule has 0 bridgehead atoms. The lowest BCUT2D eigenvalue weighted by Crippen LogP contribution is -2.55. The van der Waals surface area contributed by atoms with E-state index >= 15 is 0 Å². The molecule has 1 unspecified atom stereocenters. The quantitative estimate of drug-likeness (QED) is 0.0930. The zero-order chi connectivity index (χ0) is 48.6. The molecule has 8 rings (SSSR count). The minimum atomic E-state index is -1.45. The second-order valence-corrected chi connectivity index (χ2v) is 21.3. The molecule has 4 N–H and O–H groups in total. The van der Waals surface area contributed by atoms with E-state index in [-0.39, 0.29) is 35.9 Å². The molecule has 2 saturated heterocycles. The number of esters is 2. The van der Waals surface area contributed by atoms with Crippen LogP contribution in [0.1, 0.15) is 127 Å². The molecule has 0 radical (unpaired) electrons. The van der Waals surface area contributed by atoms with E-state index in [1.54, 1.807) is 39.0 Å². The largest absolute Gasteiger partial charge is 0.460 e. The number of fused-ring (bicyclic) bond motifs is 3. The van der Waals surface area contributed by atoms with E-state index in [0.29, 0.717) is 34.6 Å². The van der Waals surface area contributed by atoms with Gasteiger partial charge >= 0.3 is 11.9 Å². The first kappa shape index (κ1) is 49.2. The highest BCUT2D eigenvalue weighted by Crippen LogP contribution is 2.60. The SMILES string of the molecule is C[C@H](O)[C@@H](NC(=O)C1=C[C@H]2OC(c3ccccc3)(c3ccccc3)O[C@H]2[C@H](OC(=O)c2ccc(C=C3CCC4O[C@]4(C)CC[C@@H]4[C@@H]3CC4(C)C)cc2)C1)C(=O)N[C@H](CO)CCC(=O)OC(C)(C)C. The molecule has 2 amide bonds. The predicted octanol–water partition coefficient (Wildman–Crippen LogP) is 7.47. The van der Waals surface area contributed by atoms with E-state index in [4.69, 9.17) is 23.7 Å². The average molecular weight is 933 g/mol. The zero-order valence-electron chi connectivity index (χ0n) is 40.4. The topological polar surface area (TPSA) is 182 Å². The van der Waals surface area contributed by atoms with Crippen molar-refractivity contribution in [3.8, 4) is 0 Å². The number of rotatable bonds is 14. The highest BCUT2D eigenvalue weighted by molar-refractivity contribution is 5.98. The fourth-order valence-corrected chi connectivity index (χ4v) is 10.8. The Kier molecular flexibility index (Phi) is 14.2. The predicted molar refractivity (Wildman–Crippen MR) is 255 cm³/mol. The molecule has 364 valence electrons. The number of epoxide rings is 1. The van der Waals surface area contributed by atoms with Crippen LogP contribution in [-0.4, -0.2) is 94.4 Å². The third kappa shape index (κ3) is 10.8. The Bertz CT molecular complexity index is 2330. The van der Waals surface area contributed by atoms with Gasteiger partial charge in [0.1, 0.15) is 30.0 Å². The van der Waals surface area contributed by atoms with Gasteiger partial charge in [0.05, 0.1) is 36.0 Å². The maximum absolute atomic E-state index is 14.3. The molecular formula is C55H68N2O11. The Morgan fingerprint density at radius 3 is 2.15 bits per heavy atom. The van der Waals surface area contributed by atoms with Crippen molar-refractivity contribution in [3.05, 3.63) is 124 Å². The average Bonchev–Trinajstić information content (AvgIpc) is 3.75. The molecule has 68 heavy (non-hydrogen) atoms. The van der Waals surface area contributed by atoms with Gasteiger partial charge in [0.15, 0.2) is 0 Å². The second kappa shape index (κ2) is 19.7. The van der Waals surface area contributed by atoms with Crippen LogP contribution in [0.15, 0.2) is 102 Å². The monoisotopic (exact) mass is 932 g/mol. The minimum absolute atomic E-state index is 0.000845. The molecule has 13 nitrogen and oxygen atoms in total. The van der Waals surface area contributed by atoms with Crippen molar-refractivity contribution in [3.63, 3.8) is 0 Å². The van der Waals surface area contributed by atoms with Crippen LogP contribution in [0.2, 0.25) is 0 Å². The van der Waals surface area contributed by atoms with Crippen molar-refractivity contribution in [1.29, 1.82) is 0 Å². The van der Waals surface area contributed by atoms with Crippen molar-refractivity contribution in [2.45, 2.75) is 159 Å². The van der Waals surface area contributed by atoms with Crippen LogP contribution in [0.5, 0.6) is 0 Å². The van der Waals surface area contributed by atoms with E-state index < -0.39 is 78.2 Å². The van der Waals surface area contributed by atoms with Crippen molar-refractivity contribution in [2.24, 2.45) is 17.3 Å². The summed E-state index contributed by atoms with van der Waals surface area (Å²) in [5.41, 5.74) is 3.90. The van der Waals surface area contributed by atoms with Gasteiger partial charge in [-0.05, 0) is 114 Å². The van der Waals surface area contributed by atoms with E-state index in [2.05, 4.69) is 37.5 Å². The molecule has 13 heteroatoms. The Hall–Kier alpha value is -5.18. The second-order valence-electron chi connectivity index (χ2n) is 21.3. The third-order valence-corrected chi connectivity index (χ3v) is 14.6. The number of amides is 2. The van der Waals surface area contributed by atoms with Crippen molar-refractivity contribution in [2.75, 3.05) is 6.61 Å². The fraction of sp³-hybridized carbons (Fsp3) is 0.527. The van der Waals surface area contributed by atoms with Gasteiger partial charge in [0.2, 0.25) is 17.6 Å². The van der Waals surface area contributed by atoms with Crippen LogP contribution in [0.25, 0.3) is 6.08 Å². The van der Waals surface area contributed by atoms with E-state index in [0.717, 1.165) is 37.7 Å². The molecule has 2 heterocycles. The number of hydrogen-bond donors (Lipinski definition) is 4. The van der Waals surface area contributed by atoms with Gasteiger partial charge in [-0.1, -0.05) is 98.3 Å². The Morgan fingerprint density at radius 1 is 0.882 bits per heavy atom. The van der Waals surface area contributed by atoms with Gasteiger partial charge in [-0.2, -0.15) is 0 Å². The summed E-state index contributed by atoms with van der Waals surface area (Å²) in [5.74, 6) is -2.86. The summed E-state index contributed by atoms with van der Waals surface area (Å²) in [6.45, 7) is 13.1. The first-order valence-corrected chi connectivity index (χ1v) is 24.3. The lowest BCUT2D eigenvalue weighted by molar-refractivity contribution is -0.157. The molecule has 2 saturated carbocycles. The number of allylic oxidation sites excluding steroid dienone is 1. The fourth-order valence-electron chi connectivity index (χ4n) is 10.8. The standard InChI is InChI=1S/C55H68N2O11/c1-33(59)47(50(62)56-40(32-58)23-25-46(60)67-52(2,3)4)57-49(61)37-29-43(48-44(30-37)65-55(68-48,38-14-10-8-11-15-38)39-16-12-9-13-17-39)64-51(63)35-20-18-34(19-21-35)28-36-22-24-45-54(7,66-45)27-26-42-41(36)31-53(42,5)6/h8-21,28,30,33,40-45,47-48,58-59H,22-27,29,31-32H2,1-7H3,(H,56,62)(H,57,61)/t33-,40-,41+,42+,43+,44+,45?,47+,48-,54+/m0/s1. The van der Waals surface area contributed by atoms with Crippen LogP contribution in [-0.2, 0) is 43.9 Å². The molecule has 4 fully saturated rings. The van der Waals surface area contributed by atoms with Crippen molar-refractivity contribution in [1.82, 2.24) is 10.6 Å². The zero-order valence-corrected chi connectivity index (χ0v) is 40.4. The molecule has 3 aromatic rings. The molecule has 0 spiro atoms. The van der Waals surface area contributed by atoms with Crippen LogP contribution < -0.4 is 10.6 Å². The first-order valence-electron chi connectivity index (χ1n) is 24.3. The molecule has 0 aromatic heterocycles. The summed E-state index contributed by atoms with van der Waals surface area (Å²) < 4.78 is 31.6. The number of carbonyl (C=O) groups is 4. The number of carbonyl (C=O) groups excluding carboxylic acids is 4. The summed E-state index contributed by atoms with van der Waals surface area (Å²) >= 11 is 0. The molecule has 2 aliphatic heterocycles. The third-order valence-electron chi connectivity index (χ3n) is 14.6. The smallest absolute Gasteiger partial charge is 0.338 e. The normalized spacial score (nSPS) is 28.8. The molecular weight excluding hydrogens is 865 g/mol. The van der Waals surface area contributed by atoms with Gasteiger partial charge in [0.25, 0.3) is 0 Å². The lowest BCUT2D eigenvalue weighted by Gasteiger charge is -2.53. The lowest BCUT2D eigenvalue weighted by atomic mass is 9.52. The van der Waals surface area contributed by atoms with Crippen LogP contribution >= 0.6 is 0 Å². The highest BCUT2D eigenvalue weighted by Gasteiger charge is 2.57. The van der Waals surface area contributed by atoms with Gasteiger partial charge in [0, 0.05) is 29.5 Å². The van der Waals surface area contributed by atoms with Gasteiger partial charge in [-0.25, -0.2) is 4.79 Å². The van der Waals surface area contributed by atoms with Crippen LogP contribution in [0.4, 0.5) is 0 Å². The number of aliphatic hydroxyl groups excluding tert-OH is 2. The first-order chi connectivity index (χ1) is 32.3. The van der Waals surface area contributed by atoms with Gasteiger partial charge in [-0.15, -0.1) is 0 Å². The summed E-state index contributed by atoms with van der Waals surface area (Å²) in [6.07, 6.45) is 5.37. The number of benzene rings is 3. The van der Waals surface area contributed by atoms with E-state index in [1.807, 2.05) is 72.8 Å². The maximum atomic E-state index is 14.3. The Balaban J connectivity index is 1.02. The highest BCUT2D eigenvalue weighted by atomic mass is 16.8. The number of hydrogen-bond acceptors (Lipinski definition) is 11. The van der Waals surface area contributed by atoms with Crippen LogP contribution in [0, 0.1) is 17.3 Å². The Morgan fingerprint density at radius 2 is 1.54 bits per heavy atom. The molecule has 3 aromatic carbocycles. The van der Waals surface area contributed by atoms with Crippen molar-refractivity contribution < 1.29 is 53.1 Å².